The van der Waals surface area contributed by atoms with Crippen LogP contribution in [0.3, 0.4) is 0 Å². The van der Waals surface area contributed by atoms with E-state index in [-0.39, 0.29) is 33.0 Å². The lowest BCUT2D eigenvalue weighted by atomic mass is 9.92. The Kier molecular flexibility index (Phi) is 19.2. The van der Waals surface area contributed by atoms with Gasteiger partial charge in [-0.2, -0.15) is 0 Å². The molecule has 0 spiro atoms. The molecule has 0 aliphatic heterocycles. The average molecular weight is 548 g/mol. The van der Waals surface area contributed by atoms with Crippen molar-refractivity contribution in [3.05, 3.63) is 0 Å². The molecule has 0 aromatic carbocycles. The number of unbranched alkanes of at least 4 members (excludes halogenated alkanes) is 5. The fraction of sp³-hybridized carbons (Fsp3) is 0.750. The highest BCUT2D eigenvalue weighted by atomic mass is 16.6. The zero-order valence-electron chi connectivity index (χ0n) is 22.7. The molecule has 0 aromatic heterocycles. The van der Waals surface area contributed by atoms with Gasteiger partial charge in [0.1, 0.15) is 20.2 Å². The zero-order valence-corrected chi connectivity index (χ0v) is 22.7. The predicted molar refractivity (Wildman–Crippen MR) is 132 cm³/mol. The van der Waals surface area contributed by atoms with E-state index in [0.29, 0.717) is 19.3 Å². The van der Waals surface area contributed by atoms with Crippen LogP contribution in [0.25, 0.3) is 0 Å². The van der Waals surface area contributed by atoms with Gasteiger partial charge in [0.2, 0.25) is 17.4 Å². The summed E-state index contributed by atoms with van der Waals surface area (Å²) in [6, 6.07) is 0. The summed E-state index contributed by atoms with van der Waals surface area (Å²) in [4.78, 5) is 72.7. The molecule has 0 heterocycles. The first kappa shape index (κ1) is 34.9. The van der Waals surface area contributed by atoms with Crippen LogP contribution in [0.5, 0.6) is 0 Å². The molecule has 0 rings (SSSR count). The van der Waals surface area contributed by atoms with E-state index in [2.05, 4.69) is 20.7 Å². The van der Waals surface area contributed by atoms with Crippen LogP contribution < -0.4 is 16.0 Å². The Bertz CT molecular complexity index is 752. The Morgan fingerprint density at radius 3 is 1.47 bits per heavy atom. The van der Waals surface area contributed by atoms with Gasteiger partial charge in [-0.15, -0.1) is 0 Å². The Labute approximate surface area is 222 Å². The van der Waals surface area contributed by atoms with E-state index in [1.807, 2.05) is 0 Å². The largest absolute Gasteiger partial charge is 0.448 e. The number of nitrogens with one attached hydrogen (secondary N) is 3. The van der Waals surface area contributed by atoms with Crippen LogP contribution in [0.4, 0.5) is 0 Å². The molecule has 14 nitrogen and oxygen atoms in total. The van der Waals surface area contributed by atoms with Crippen LogP contribution in [0.15, 0.2) is 0 Å². The highest BCUT2D eigenvalue weighted by molar-refractivity contribution is 5.97. The number of rotatable bonds is 21. The minimum atomic E-state index is -2.13. The number of hydrogen-bond acceptors (Lipinski definition) is 11. The van der Waals surface area contributed by atoms with Crippen LogP contribution in [0, 0.1) is 0 Å². The first-order chi connectivity index (χ1) is 18.1. The van der Waals surface area contributed by atoms with E-state index in [1.165, 1.54) is 28.3 Å². The Morgan fingerprint density at radius 1 is 0.605 bits per heavy atom. The van der Waals surface area contributed by atoms with Gasteiger partial charge >= 0.3 is 17.9 Å². The van der Waals surface area contributed by atoms with Gasteiger partial charge in [-0.1, -0.05) is 25.7 Å². The molecule has 218 valence electrons. The maximum Gasteiger partial charge on any atom is 0.313 e. The van der Waals surface area contributed by atoms with Crippen molar-refractivity contribution in [2.24, 2.45) is 0 Å². The van der Waals surface area contributed by atoms with Crippen LogP contribution >= 0.6 is 0 Å². The van der Waals surface area contributed by atoms with Gasteiger partial charge in [0.15, 0.2) is 0 Å². The van der Waals surface area contributed by atoms with Crippen molar-refractivity contribution in [2.45, 2.75) is 76.7 Å². The molecule has 14 heteroatoms. The Morgan fingerprint density at radius 2 is 1.03 bits per heavy atom. The maximum atomic E-state index is 13.0. The summed E-state index contributed by atoms with van der Waals surface area (Å²) in [7, 11) is 4.06. The van der Waals surface area contributed by atoms with E-state index in [4.69, 9.17) is 18.9 Å². The van der Waals surface area contributed by atoms with E-state index in [9.17, 15) is 28.8 Å². The minimum Gasteiger partial charge on any atom is -0.448 e. The van der Waals surface area contributed by atoms with E-state index >= 15 is 0 Å². The van der Waals surface area contributed by atoms with Crippen molar-refractivity contribution in [3.8, 4) is 0 Å². The smallest absolute Gasteiger partial charge is 0.313 e. The number of carbonyl (C=O) groups is 6. The molecular formula is C24H41N3O11. The second kappa shape index (κ2) is 20.9. The van der Waals surface area contributed by atoms with Crippen LogP contribution in [0.2, 0.25) is 0 Å². The summed E-state index contributed by atoms with van der Waals surface area (Å²) < 4.78 is 24.4. The zero-order chi connectivity index (χ0) is 28.8. The summed E-state index contributed by atoms with van der Waals surface area (Å²) in [6.07, 6.45) is 2.95. The molecule has 0 bridgehead atoms. The van der Waals surface area contributed by atoms with Gasteiger partial charge in [-0.25, -0.2) is 0 Å². The van der Waals surface area contributed by atoms with E-state index < -0.39 is 54.1 Å². The summed E-state index contributed by atoms with van der Waals surface area (Å²) in [5, 5.41) is 7.23. The summed E-state index contributed by atoms with van der Waals surface area (Å²) >= 11 is 0. The molecule has 0 saturated carbocycles. The quantitative estimate of drug-likeness (QED) is 0.0783. The number of ether oxygens (including phenoxy) is 5. The van der Waals surface area contributed by atoms with Gasteiger partial charge < -0.3 is 39.6 Å². The molecule has 0 radical (unpaired) electrons. The lowest BCUT2D eigenvalue weighted by Crippen LogP contribution is -2.55. The summed E-state index contributed by atoms with van der Waals surface area (Å²) in [5.41, 5.74) is -2.13. The number of carbonyl (C=O) groups excluding carboxylic acids is 6. The molecule has 3 amide bonds. The van der Waals surface area contributed by atoms with Crippen LogP contribution in [0.1, 0.15) is 71.1 Å². The van der Waals surface area contributed by atoms with Gasteiger partial charge in [-0.05, 0) is 12.8 Å². The maximum absolute atomic E-state index is 13.0. The van der Waals surface area contributed by atoms with Crippen LogP contribution in [-0.2, 0) is 52.5 Å². The number of amides is 3. The molecule has 0 atom stereocenters. The third kappa shape index (κ3) is 16.6. The molecule has 0 aliphatic carbocycles. The molecule has 0 fully saturated rings. The molecule has 0 aliphatic rings. The lowest BCUT2D eigenvalue weighted by Gasteiger charge is -2.31. The van der Waals surface area contributed by atoms with Gasteiger partial charge in [-0.3, -0.25) is 28.8 Å². The fourth-order valence-electron chi connectivity index (χ4n) is 3.32. The molecule has 38 heavy (non-hydrogen) atoms. The monoisotopic (exact) mass is 547 g/mol. The normalized spacial score (nSPS) is 10.8. The molecule has 0 saturated heterocycles. The topological polar surface area (TPSA) is 185 Å². The lowest BCUT2D eigenvalue weighted by molar-refractivity contribution is -0.174. The fourth-order valence-corrected chi connectivity index (χ4v) is 3.32. The Balaban J connectivity index is 5.05. The number of esters is 3. The van der Waals surface area contributed by atoms with Gasteiger partial charge in [0, 0.05) is 41.1 Å². The molecular weight excluding hydrogens is 506 g/mol. The average Bonchev–Trinajstić information content (AvgIpc) is 2.85. The van der Waals surface area contributed by atoms with E-state index in [1.54, 1.807) is 0 Å². The highest BCUT2D eigenvalue weighted by Crippen LogP contribution is 2.24. The minimum absolute atomic E-state index is 0.0381. The number of methoxy groups -OCH3 is 3. The second-order valence-electron chi connectivity index (χ2n) is 8.41. The summed E-state index contributed by atoms with van der Waals surface area (Å²) in [6.45, 7) is 0.655. The first-order valence-electron chi connectivity index (χ1n) is 12.3. The van der Waals surface area contributed by atoms with Crippen molar-refractivity contribution in [1.82, 2.24) is 16.0 Å². The number of hydrogen-bond donors (Lipinski definition) is 3. The van der Waals surface area contributed by atoms with Crippen LogP contribution in [-0.4, -0.2) is 82.8 Å². The predicted octanol–water partition coefficient (Wildman–Crippen LogP) is 0.419. The van der Waals surface area contributed by atoms with Gasteiger partial charge in [0.25, 0.3) is 5.91 Å². The van der Waals surface area contributed by atoms with Crippen molar-refractivity contribution < 1.29 is 52.5 Å². The standard InChI is InChI=1S/C24H41N3O11/c1-18(28)37-21(31)11-9-7-5-6-8-10-12-22(32)38-24(23(33)27-17-36-4,13-19(29)25-15-34-2)14-20(30)26-16-35-3/h5-17H2,1-4H3,(H,25,29)(H,26,30)(H,27,33). The summed E-state index contributed by atoms with van der Waals surface area (Å²) in [5.74, 6) is -4.13. The highest BCUT2D eigenvalue weighted by Gasteiger charge is 2.46. The Hall–Kier alpha value is -3.10. The molecule has 0 aromatic rings. The first-order valence-corrected chi connectivity index (χ1v) is 12.3. The molecule has 0 unspecified atom stereocenters. The second-order valence-corrected chi connectivity index (χ2v) is 8.41. The van der Waals surface area contributed by atoms with Crippen molar-refractivity contribution in [2.75, 3.05) is 41.5 Å². The third-order valence-electron chi connectivity index (χ3n) is 5.09. The van der Waals surface area contributed by atoms with Crippen molar-refractivity contribution in [1.29, 1.82) is 0 Å². The van der Waals surface area contributed by atoms with Gasteiger partial charge in [0.05, 0.1) is 12.8 Å². The SMILES string of the molecule is COCNC(=O)CC(CC(=O)NCOC)(OC(=O)CCCCCCCCC(=O)OC(C)=O)C(=O)NCOC. The third-order valence-corrected chi connectivity index (χ3v) is 5.09. The molecule has 3 N–H and O–H groups in total. The van der Waals surface area contributed by atoms with Crippen molar-refractivity contribution >= 4 is 35.6 Å². The van der Waals surface area contributed by atoms with E-state index in [0.717, 1.165) is 19.3 Å². The van der Waals surface area contributed by atoms with Crippen molar-refractivity contribution in [3.63, 3.8) is 0 Å².